The van der Waals surface area contributed by atoms with Crippen LogP contribution in [0.25, 0.3) is 0 Å². The maximum Gasteiger partial charge on any atom is 0.0277 e. The summed E-state index contributed by atoms with van der Waals surface area (Å²) in [5, 5.41) is 3.09. The van der Waals surface area contributed by atoms with E-state index >= 15 is 0 Å². The molecule has 0 spiro atoms. The van der Waals surface area contributed by atoms with E-state index < -0.39 is 0 Å². The fourth-order valence-corrected chi connectivity index (χ4v) is 0.770. The Hall–Kier alpha value is -0.790. The molecule has 1 N–H and O–H groups in total. The van der Waals surface area contributed by atoms with E-state index in [1.807, 2.05) is 13.3 Å². The lowest BCUT2D eigenvalue weighted by molar-refractivity contribution is 0.951. The first kappa shape index (κ1) is 9.21. The van der Waals surface area contributed by atoms with Gasteiger partial charge in [-0.15, -0.1) is 0 Å². The molecule has 0 saturated carbocycles. The number of allylic oxidation sites excluding steroid dienone is 2. The maximum absolute atomic E-state index is 3.95. The number of rotatable bonds is 3. The molecule has 0 saturated heterocycles. The van der Waals surface area contributed by atoms with Crippen molar-refractivity contribution in [2.45, 2.75) is 20.3 Å². The Labute approximate surface area is 63.0 Å². The van der Waals surface area contributed by atoms with Crippen molar-refractivity contribution in [3.8, 4) is 0 Å². The van der Waals surface area contributed by atoms with Crippen LogP contribution in [-0.2, 0) is 0 Å². The SMILES string of the molecule is CC/C(C=NC)=C(/C)NC. The molecule has 0 amide bonds. The van der Waals surface area contributed by atoms with Crippen LogP contribution in [0.15, 0.2) is 16.3 Å². The Bertz CT molecular complexity index is 145. The van der Waals surface area contributed by atoms with Crippen molar-refractivity contribution in [3.63, 3.8) is 0 Å². The summed E-state index contributed by atoms with van der Waals surface area (Å²) in [6.45, 7) is 4.18. The van der Waals surface area contributed by atoms with Crippen LogP contribution in [0, 0.1) is 0 Å². The summed E-state index contributed by atoms with van der Waals surface area (Å²) >= 11 is 0. The molecule has 0 bridgehead atoms. The van der Waals surface area contributed by atoms with Crippen LogP contribution in [0.2, 0.25) is 0 Å². The van der Waals surface area contributed by atoms with Gasteiger partial charge >= 0.3 is 0 Å². The van der Waals surface area contributed by atoms with E-state index in [-0.39, 0.29) is 0 Å². The third kappa shape index (κ3) is 2.67. The van der Waals surface area contributed by atoms with E-state index in [1.165, 1.54) is 11.3 Å². The molecule has 0 aromatic rings. The number of nitrogens with zero attached hydrogens (tertiary/aromatic N) is 1. The highest BCUT2D eigenvalue weighted by molar-refractivity contribution is 5.79. The van der Waals surface area contributed by atoms with Crippen molar-refractivity contribution in [1.29, 1.82) is 0 Å². The lowest BCUT2D eigenvalue weighted by atomic mass is 10.2. The van der Waals surface area contributed by atoms with Crippen LogP contribution >= 0.6 is 0 Å². The molecular weight excluding hydrogens is 124 g/mol. The van der Waals surface area contributed by atoms with Gasteiger partial charge in [-0.1, -0.05) is 6.92 Å². The largest absolute Gasteiger partial charge is 0.391 e. The predicted molar refractivity (Wildman–Crippen MR) is 46.5 cm³/mol. The van der Waals surface area contributed by atoms with Crippen LogP contribution in [0.5, 0.6) is 0 Å². The molecule has 2 nitrogen and oxygen atoms in total. The van der Waals surface area contributed by atoms with Crippen LogP contribution < -0.4 is 5.32 Å². The Balaban J connectivity index is 4.29. The molecule has 0 aliphatic rings. The van der Waals surface area contributed by atoms with Gasteiger partial charge in [0.15, 0.2) is 0 Å². The minimum absolute atomic E-state index is 1.03. The molecule has 0 atom stereocenters. The highest BCUT2D eigenvalue weighted by atomic mass is 14.8. The van der Waals surface area contributed by atoms with Gasteiger partial charge in [0.2, 0.25) is 0 Å². The zero-order chi connectivity index (χ0) is 7.98. The second kappa shape index (κ2) is 5.03. The Kier molecular flexibility index (Phi) is 4.63. The maximum atomic E-state index is 3.95. The van der Waals surface area contributed by atoms with Crippen LogP contribution in [0.1, 0.15) is 20.3 Å². The quantitative estimate of drug-likeness (QED) is 0.591. The van der Waals surface area contributed by atoms with Gasteiger partial charge in [-0.25, -0.2) is 0 Å². The summed E-state index contributed by atoms with van der Waals surface area (Å²) < 4.78 is 0. The normalized spacial score (nSPS) is 13.6. The predicted octanol–water partition coefficient (Wildman–Crippen LogP) is 1.59. The number of hydrogen-bond acceptors (Lipinski definition) is 2. The highest BCUT2D eigenvalue weighted by Crippen LogP contribution is 2.01. The van der Waals surface area contributed by atoms with Crippen molar-refractivity contribution in [1.82, 2.24) is 5.32 Å². The Morgan fingerprint density at radius 1 is 1.60 bits per heavy atom. The van der Waals surface area contributed by atoms with Crippen molar-refractivity contribution in [2.75, 3.05) is 14.1 Å². The van der Waals surface area contributed by atoms with Gasteiger partial charge in [-0.05, 0) is 18.9 Å². The van der Waals surface area contributed by atoms with Crippen molar-refractivity contribution in [3.05, 3.63) is 11.3 Å². The fourth-order valence-electron chi connectivity index (χ4n) is 0.770. The topological polar surface area (TPSA) is 24.4 Å². The van der Waals surface area contributed by atoms with Crippen molar-refractivity contribution in [2.24, 2.45) is 4.99 Å². The first-order valence-electron chi connectivity index (χ1n) is 3.55. The summed E-state index contributed by atoms with van der Waals surface area (Å²) in [4.78, 5) is 3.95. The standard InChI is InChI=1S/C8H16N2/c1-5-8(6-9-3)7(2)10-4/h6,10H,5H2,1-4H3/b8-7+,9-6?. The summed E-state index contributed by atoms with van der Waals surface area (Å²) in [5.41, 5.74) is 2.47. The van der Waals surface area contributed by atoms with Gasteiger partial charge in [0.05, 0.1) is 0 Å². The van der Waals surface area contributed by atoms with E-state index in [4.69, 9.17) is 0 Å². The summed E-state index contributed by atoms with van der Waals surface area (Å²) in [6.07, 6.45) is 2.93. The monoisotopic (exact) mass is 140 g/mol. The van der Waals surface area contributed by atoms with Gasteiger partial charge in [-0.2, -0.15) is 0 Å². The van der Waals surface area contributed by atoms with Crippen LogP contribution in [0.4, 0.5) is 0 Å². The van der Waals surface area contributed by atoms with Crippen LogP contribution in [-0.4, -0.2) is 20.3 Å². The van der Waals surface area contributed by atoms with Gasteiger partial charge in [-0.3, -0.25) is 4.99 Å². The molecule has 0 radical (unpaired) electrons. The first-order chi connectivity index (χ1) is 4.76. The molecule has 0 rings (SSSR count). The average molecular weight is 140 g/mol. The van der Waals surface area contributed by atoms with E-state index in [9.17, 15) is 0 Å². The summed E-state index contributed by atoms with van der Waals surface area (Å²) in [6, 6.07) is 0. The number of hydrogen-bond donors (Lipinski definition) is 1. The highest BCUT2D eigenvalue weighted by Gasteiger charge is 1.92. The molecule has 58 valence electrons. The zero-order valence-corrected chi connectivity index (χ0v) is 7.23. The second-order valence-corrected chi connectivity index (χ2v) is 2.14. The lowest BCUT2D eigenvalue weighted by Crippen LogP contribution is -2.06. The number of aliphatic imine (C=N–C) groups is 1. The Morgan fingerprint density at radius 3 is 2.50 bits per heavy atom. The average Bonchev–Trinajstić information content (AvgIpc) is 1.99. The summed E-state index contributed by atoms with van der Waals surface area (Å²) in [7, 11) is 3.72. The second-order valence-electron chi connectivity index (χ2n) is 2.14. The van der Waals surface area contributed by atoms with Gasteiger partial charge < -0.3 is 5.32 Å². The third-order valence-electron chi connectivity index (χ3n) is 1.52. The molecule has 10 heavy (non-hydrogen) atoms. The lowest BCUT2D eigenvalue weighted by Gasteiger charge is -2.03. The fraction of sp³-hybridized carbons (Fsp3) is 0.625. The minimum Gasteiger partial charge on any atom is -0.391 e. The van der Waals surface area contributed by atoms with Gasteiger partial charge in [0.25, 0.3) is 0 Å². The van der Waals surface area contributed by atoms with E-state index in [0.29, 0.717) is 0 Å². The van der Waals surface area contributed by atoms with E-state index in [1.54, 1.807) is 7.05 Å². The van der Waals surface area contributed by atoms with Gasteiger partial charge in [0, 0.05) is 26.0 Å². The third-order valence-corrected chi connectivity index (χ3v) is 1.52. The molecular formula is C8H16N2. The van der Waals surface area contributed by atoms with Crippen molar-refractivity contribution >= 4 is 6.21 Å². The summed E-state index contributed by atoms with van der Waals surface area (Å²) in [5.74, 6) is 0. The molecule has 0 heterocycles. The minimum atomic E-state index is 1.03. The molecule has 0 fully saturated rings. The molecule has 0 aromatic heterocycles. The molecule has 0 aromatic carbocycles. The Morgan fingerprint density at radius 2 is 2.20 bits per heavy atom. The first-order valence-corrected chi connectivity index (χ1v) is 3.55. The molecule has 0 unspecified atom stereocenters. The van der Waals surface area contributed by atoms with Gasteiger partial charge in [0.1, 0.15) is 0 Å². The number of nitrogens with one attached hydrogen (secondary N) is 1. The van der Waals surface area contributed by atoms with Crippen LogP contribution in [0.3, 0.4) is 0 Å². The van der Waals surface area contributed by atoms with E-state index in [0.717, 1.165) is 6.42 Å². The molecule has 2 heteroatoms. The van der Waals surface area contributed by atoms with E-state index in [2.05, 4.69) is 24.2 Å². The smallest absolute Gasteiger partial charge is 0.0277 e. The zero-order valence-electron chi connectivity index (χ0n) is 7.23. The molecule has 0 aliphatic carbocycles. The molecule has 0 aliphatic heterocycles. The van der Waals surface area contributed by atoms with Crippen molar-refractivity contribution < 1.29 is 0 Å².